The van der Waals surface area contributed by atoms with E-state index in [1.165, 1.54) is 12.1 Å². The predicted molar refractivity (Wildman–Crippen MR) is 82.9 cm³/mol. The van der Waals surface area contributed by atoms with Crippen molar-refractivity contribution in [2.24, 2.45) is 0 Å². The van der Waals surface area contributed by atoms with Gasteiger partial charge in [0.1, 0.15) is 5.82 Å². The lowest BCUT2D eigenvalue weighted by molar-refractivity contribution is -0.120. The molecule has 1 heterocycles. The van der Waals surface area contributed by atoms with Gasteiger partial charge in [-0.05, 0) is 39.0 Å². The molecule has 1 aromatic heterocycles. The summed E-state index contributed by atoms with van der Waals surface area (Å²) >= 11 is 0. The number of fused-ring (bicyclic) bond motifs is 1. The predicted octanol–water partition coefficient (Wildman–Crippen LogP) is 2.72. The fourth-order valence-electron chi connectivity index (χ4n) is 2.29. The van der Waals surface area contributed by atoms with E-state index in [1.54, 1.807) is 12.3 Å². The number of hydrogen-bond donors (Lipinski definition) is 1. The molecular formula is C16H20FN3O. The van der Waals surface area contributed by atoms with Crippen LogP contribution in [0.25, 0.3) is 10.9 Å². The number of halogens is 1. The van der Waals surface area contributed by atoms with E-state index in [2.05, 4.69) is 10.3 Å². The number of aromatic nitrogens is 1. The third-order valence-corrected chi connectivity index (χ3v) is 3.19. The van der Waals surface area contributed by atoms with Gasteiger partial charge in [-0.3, -0.25) is 9.78 Å². The van der Waals surface area contributed by atoms with Crippen LogP contribution in [0.1, 0.15) is 20.8 Å². The van der Waals surface area contributed by atoms with Gasteiger partial charge in [-0.15, -0.1) is 0 Å². The number of hydrogen-bond acceptors (Lipinski definition) is 3. The monoisotopic (exact) mass is 289 g/mol. The second kappa shape index (κ2) is 6.52. The molecule has 0 radical (unpaired) electrons. The maximum absolute atomic E-state index is 13.3. The van der Waals surface area contributed by atoms with Crippen molar-refractivity contribution in [2.75, 3.05) is 18.0 Å². The van der Waals surface area contributed by atoms with Crippen molar-refractivity contribution in [3.05, 3.63) is 36.3 Å². The molecule has 0 aliphatic heterocycles. The van der Waals surface area contributed by atoms with Gasteiger partial charge in [0.25, 0.3) is 0 Å². The molecule has 5 heteroatoms. The molecule has 0 fully saturated rings. The van der Waals surface area contributed by atoms with E-state index in [9.17, 15) is 9.18 Å². The average molecular weight is 289 g/mol. The number of likely N-dealkylation sites (N-methyl/N-ethyl adjacent to an activating group) is 1. The molecule has 0 unspecified atom stereocenters. The Kier molecular flexibility index (Phi) is 4.73. The zero-order chi connectivity index (χ0) is 15.4. The lowest BCUT2D eigenvalue weighted by Gasteiger charge is -2.24. The SMILES string of the molecule is CCN(CC(=O)NC(C)C)c1ccnc2cc(F)ccc12. The summed E-state index contributed by atoms with van der Waals surface area (Å²) in [6.07, 6.45) is 1.64. The van der Waals surface area contributed by atoms with Crippen molar-refractivity contribution in [1.82, 2.24) is 10.3 Å². The Morgan fingerprint density at radius 1 is 1.38 bits per heavy atom. The van der Waals surface area contributed by atoms with Gasteiger partial charge in [-0.25, -0.2) is 4.39 Å². The van der Waals surface area contributed by atoms with Gasteiger partial charge in [0, 0.05) is 35.9 Å². The van der Waals surface area contributed by atoms with Crippen LogP contribution in [0.3, 0.4) is 0 Å². The van der Waals surface area contributed by atoms with E-state index in [1.807, 2.05) is 31.7 Å². The van der Waals surface area contributed by atoms with E-state index in [0.29, 0.717) is 12.1 Å². The van der Waals surface area contributed by atoms with Crippen LogP contribution in [0.2, 0.25) is 0 Å². The first-order valence-corrected chi connectivity index (χ1v) is 7.10. The molecule has 112 valence electrons. The van der Waals surface area contributed by atoms with Gasteiger partial charge < -0.3 is 10.2 Å². The fourth-order valence-corrected chi connectivity index (χ4v) is 2.29. The lowest BCUT2D eigenvalue weighted by atomic mass is 10.1. The van der Waals surface area contributed by atoms with Crippen molar-refractivity contribution in [1.29, 1.82) is 0 Å². The van der Waals surface area contributed by atoms with Crippen LogP contribution in [-0.2, 0) is 4.79 Å². The number of carbonyl (C=O) groups is 1. The summed E-state index contributed by atoms with van der Waals surface area (Å²) < 4.78 is 13.3. The molecule has 1 aromatic carbocycles. The molecule has 2 aromatic rings. The van der Waals surface area contributed by atoms with Crippen LogP contribution in [0.15, 0.2) is 30.5 Å². The summed E-state index contributed by atoms with van der Waals surface area (Å²) in [4.78, 5) is 18.1. The van der Waals surface area contributed by atoms with Crippen LogP contribution >= 0.6 is 0 Å². The molecule has 4 nitrogen and oxygen atoms in total. The number of benzene rings is 1. The molecule has 0 atom stereocenters. The molecule has 1 N–H and O–H groups in total. The summed E-state index contributed by atoms with van der Waals surface area (Å²) in [6, 6.07) is 6.48. The summed E-state index contributed by atoms with van der Waals surface area (Å²) in [7, 11) is 0. The highest BCUT2D eigenvalue weighted by Gasteiger charge is 2.13. The Balaban J connectivity index is 2.32. The molecule has 0 aliphatic rings. The molecule has 1 amide bonds. The number of anilines is 1. The third-order valence-electron chi connectivity index (χ3n) is 3.19. The molecule has 21 heavy (non-hydrogen) atoms. The molecule has 0 saturated carbocycles. The molecular weight excluding hydrogens is 269 g/mol. The van der Waals surface area contributed by atoms with Crippen LogP contribution in [-0.4, -0.2) is 30.0 Å². The minimum atomic E-state index is -0.312. The molecule has 0 spiro atoms. The number of nitrogens with one attached hydrogen (secondary N) is 1. The van der Waals surface area contributed by atoms with E-state index in [4.69, 9.17) is 0 Å². The maximum Gasteiger partial charge on any atom is 0.239 e. The highest BCUT2D eigenvalue weighted by Crippen LogP contribution is 2.25. The Morgan fingerprint density at radius 3 is 2.81 bits per heavy atom. The third kappa shape index (κ3) is 3.68. The lowest BCUT2D eigenvalue weighted by Crippen LogP contribution is -2.40. The first-order valence-electron chi connectivity index (χ1n) is 7.10. The Bertz CT molecular complexity index is 642. The standard InChI is InChI=1S/C16H20FN3O/c1-4-20(10-16(21)19-11(2)3)15-7-8-18-14-9-12(17)5-6-13(14)15/h5-9,11H,4,10H2,1-3H3,(H,19,21). The summed E-state index contributed by atoms with van der Waals surface area (Å²) in [6.45, 7) is 6.79. The number of carbonyl (C=O) groups excluding carboxylic acids is 1. The van der Waals surface area contributed by atoms with Crippen molar-refractivity contribution >= 4 is 22.5 Å². The number of amides is 1. The van der Waals surface area contributed by atoms with Gasteiger partial charge in [0.2, 0.25) is 5.91 Å². The van der Waals surface area contributed by atoms with Gasteiger partial charge in [0.05, 0.1) is 12.1 Å². The van der Waals surface area contributed by atoms with E-state index >= 15 is 0 Å². The molecule has 0 aliphatic carbocycles. The average Bonchev–Trinajstić information content (AvgIpc) is 2.43. The zero-order valence-electron chi connectivity index (χ0n) is 12.6. The zero-order valence-corrected chi connectivity index (χ0v) is 12.6. The minimum absolute atomic E-state index is 0.0288. The quantitative estimate of drug-likeness (QED) is 0.920. The number of nitrogens with zero attached hydrogens (tertiary/aromatic N) is 2. The first-order chi connectivity index (χ1) is 10.0. The van der Waals surface area contributed by atoms with E-state index in [-0.39, 0.29) is 24.3 Å². The fraction of sp³-hybridized carbons (Fsp3) is 0.375. The van der Waals surface area contributed by atoms with Crippen LogP contribution in [0, 0.1) is 5.82 Å². The van der Waals surface area contributed by atoms with Crippen molar-refractivity contribution in [3.8, 4) is 0 Å². The van der Waals surface area contributed by atoms with Gasteiger partial charge in [-0.1, -0.05) is 0 Å². The van der Waals surface area contributed by atoms with Crippen LogP contribution < -0.4 is 10.2 Å². The van der Waals surface area contributed by atoms with E-state index in [0.717, 1.165) is 11.1 Å². The smallest absolute Gasteiger partial charge is 0.239 e. The van der Waals surface area contributed by atoms with E-state index < -0.39 is 0 Å². The highest BCUT2D eigenvalue weighted by atomic mass is 19.1. The van der Waals surface area contributed by atoms with Gasteiger partial charge in [-0.2, -0.15) is 0 Å². The van der Waals surface area contributed by atoms with Crippen LogP contribution in [0.5, 0.6) is 0 Å². The number of pyridine rings is 1. The van der Waals surface area contributed by atoms with Crippen molar-refractivity contribution in [3.63, 3.8) is 0 Å². The summed E-state index contributed by atoms with van der Waals surface area (Å²) in [5, 5.41) is 3.72. The molecule has 0 saturated heterocycles. The van der Waals surface area contributed by atoms with Crippen molar-refractivity contribution in [2.45, 2.75) is 26.8 Å². The van der Waals surface area contributed by atoms with Gasteiger partial charge in [0.15, 0.2) is 0 Å². The van der Waals surface area contributed by atoms with Gasteiger partial charge >= 0.3 is 0 Å². The molecule has 0 bridgehead atoms. The maximum atomic E-state index is 13.3. The largest absolute Gasteiger partial charge is 0.362 e. The first kappa shape index (κ1) is 15.2. The molecule has 2 rings (SSSR count). The normalized spacial score (nSPS) is 10.9. The Morgan fingerprint density at radius 2 is 2.14 bits per heavy atom. The second-order valence-corrected chi connectivity index (χ2v) is 5.23. The summed E-state index contributed by atoms with van der Waals surface area (Å²) in [5.41, 5.74) is 1.48. The topological polar surface area (TPSA) is 45.2 Å². The highest BCUT2D eigenvalue weighted by molar-refractivity contribution is 5.93. The van der Waals surface area contributed by atoms with Crippen molar-refractivity contribution < 1.29 is 9.18 Å². The van der Waals surface area contributed by atoms with Crippen LogP contribution in [0.4, 0.5) is 10.1 Å². The Labute approximate surface area is 124 Å². The second-order valence-electron chi connectivity index (χ2n) is 5.23. The summed E-state index contributed by atoms with van der Waals surface area (Å²) in [5.74, 6) is -0.341. The Hall–Kier alpha value is -2.17. The minimum Gasteiger partial charge on any atom is -0.362 e. The number of rotatable bonds is 5.